The molecule has 1 aromatic rings. The first-order chi connectivity index (χ1) is 9.22. The van der Waals surface area contributed by atoms with Crippen LogP contribution in [0.4, 0.5) is 0 Å². The SMILES string of the molecule is CNC(CCc1ccnn1C)C1(OC)CCCCC1. The summed E-state index contributed by atoms with van der Waals surface area (Å²) in [5, 5.41) is 7.73. The minimum atomic E-state index is 0.0333. The molecule has 0 amide bonds. The van der Waals surface area contributed by atoms with Crippen molar-refractivity contribution < 1.29 is 4.74 Å². The molecule has 4 nitrogen and oxygen atoms in total. The average molecular weight is 265 g/mol. The van der Waals surface area contributed by atoms with Crippen molar-refractivity contribution in [2.24, 2.45) is 7.05 Å². The Hall–Kier alpha value is -0.870. The number of rotatable bonds is 6. The quantitative estimate of drug-likeness (QED) is 0.858. The van der Waals surface area contributed by atoms with E-state index in [1.54, 1.807) is 0 Å². The summed E-state index contributed by atoms with van der Waals surface area (Å²) in [6, 6.07) is 2.53. The Kier molecular flexibility index (Phi) is 4.99. The Bertz CT molecular complexity index is 382. The molecule has 1 unspecified atom stereocenters. The van der Waals surface area contributed by atoms with Gasteiger partial charge in [-0.1, -0.05) is 19.3 Å². The number of nitrogens with one attached hydrogen (secondary N) is 1. The van der Waals surface area contributed by atoms with Crippen molar-refractivity contribution in [1.29, 1.82) is 0 Å². The largest absolute Gasteiger partial charge is 0.377 e. The van der Waals surface area contributed by atoms with Crippen LogP contribution in [-0.4, -0.2) is 35.6 Å². The zero-order chi connectivity index (χ0) is 13.7. The summed E-state index contributed by atoms with van der Waals surface area (Å²) in [6.07, 6.45) is 10.3. The van der Waals surface area contributed by atoms with Crippen LogP contribution in [-0.2, 0) is 18.2 Å². The summed E-state index contributed by atoms with van der Waals surface area (Å²) in [4.78, 5) is 0. The van der Waals surface area contributed by atoms with Crippen LogP contribution in [0, 0.1) is 0 Å². The van der Waals surface area contributed by atoms with Crippen molar-refractivity contribution in [1.82, 2.24) is 15.1 Å². The maximum atomic E-state index is 5.95. The fourth-order valence-corrected chi connectivity index (χ4v) is 3.45. The van der Waals surface area contributed by atoms with Crippen molar-refractivity contribution in [3.63, 3.8) is 0 Å². The van der Waals surface area contributed by atoms with Crippen LogP contribution in [0.2, 0.25) is 0 Å². The van der Waals surface area contributed by atoms with Crippen molar-refractivity contribution in [2.45, 2.75) is 56.6 Å². The van der Waals surface area contributed by atoms with Gasteiger partial charge in [0.1, 0.15) is 0 Å². The number of hydrogen-bond acceptors (Lipinski definition) is 3. The molecule has 1 atom stereocenters. The maximum Gasteiger partial charge on any atom is 0.0831 e. The van der Waals surface area contributed by atoms with E-state index in [4.69, 9.17) is 4.74 Å². The van der Waals surface area contributed by atoms with Gasteiger partial charge < -0.3 is 10.1 Å². The lowest BCUT2D eigenvalue weighted by molar-refractivity contribution is -0.0676. The van der Waals surface area contributed by atoms with Crippen molar-refractivity contribution in [2.75, 3.05) is 14.2 Å². The molecule has 0 aliphatic heterocycles. The van der Waals surface area contributed by atoms with Crippen LogP contribution >= 0.6 is 0 Å². The van der Waals surface area contributed by atoms with Crippen LogP contribution in [0.3, 0.4) is 0 Å². The zero-order valence-corrected chi connectivity index (χ0v) is 12.5. The van der Waals surface area contributed by atoms with Gasteiger partial charge in [0.2, 0.25) is 0 Å². The zero-order valence-electron chi connectivity index (χ0n) is 12.5. The maximum absolute atomic E-state index is 5.95. The van der Waals surface area contributed by atoms with E-state index in [0.29, 0.717) is 6.04 Å². The minimum Gasteiger partial charge on any atom is -0.377 e. The predicted octanol–water partition coefficient (Wildman–Crippen LogP) is 2.29. The fourth-order valence-electron chi connectivity index (χ4n) is 3.45. The third-order valence-corrected chi connectivity index (χ3v) is 4.70. The van der Waals surface area contributed by atoms with E-state index in [9.17, 15) is 0 Å². The molecule has 1 aliphatic carbocycles. The lowest BCUT2D eigenvalue weighted by atomic mass is 9.77. The molecule has 19 heavy (non-hydrogen) atoms. The topological polar surface area (TPSA) is 39.1 Å². The summed E-state index contributed by atoms with van der Waals surface area (Å²) in [5.41, 5.74) is 1.33. The first-order valence-corrected chi connectivity index (χ1v) is 7.41. The number of nitrogens with zero attached hydrogens (tertiary/aromatic N) is 2. The monoisotopic (exact) mass is 265 g/mol. The second-order valence-corrected chi connectivity index (χ2v) is 5.66. The van der Waals surface area contributed by atoms with E-state index < -0.39 is 0 Å². The van der Waals surface area contributed by atoms with E-state index in [0.717, 1.165) is 12.8 Å². The molecule has 1 aliphatic rings. The van der Waals surface area contributed by atoms with Gasteiger partial charge in [-0.05, 0) is 38.8 Å². The Morgan fingerprint density at radius 1 is 1.42 bits per heavy atom. The number of likely N-dealkylation sites (N-methyl/N-ethyl adjacent to an activating group) is 1. The molecule has 1 saturated carbocycles. The smallest absolute Gasteiger partial charge is 0.0831 e. The van der Waals surface area contributed by atoms with Gasteiger partial charge in [0.05, 0.1) is 5.60 Å². The molecule has 4 heteroatoms. The molecule has 2 rings (SSSR count). The summed E-state index contributed by atoms with van der Waals surface area (Å²) < 4.78 is 7.91. The number of ether oxygens (including phenoxy) is 1. The fraction of sp³-hybridized carbons (Fsp3) is 0.800. The minimum absolute atomic E-state index is 0.0333. The number of methoxy groups -OCH3 is 1. The third-order valence-electron chi connectivity index (χ3n) is 4.70. The normalized spacial score (nSPS) is 20.4. The molecule has 0 spiro atoms. The standard InChI is InChI=1S/C15H27N3O/c1-16-14(8-7-13-9-12-17-18(13)2)15(19-3)10-5-4-6-11-15/h9,12,14,16H,4-8,10-11H2,1-3H3. The molecular formula is C15H27N3O. The van der Waals surface area contributed by atoms with Crippen molar-refractivity contribution >= 4 is 0 Å². The summed E-state index contributed by atoms with van der Waals surface area (Å²) >= 11 is 0. The molecule has 1 aromatic heterocycles. The highest BCUT2D eigenvalue weighted by Crippen LogP contribution is 2.35. The molecule has 1 heterocycles. The lowest BCUT2D eigenvalue weighted by Crippen LogP contribution is -2.52. The Labute approximate surface area is 116 Å². The van der Waals surface area contributed by atoms with E-state index in [-0.39, 0.29) is 5.60 Å². The Morgan fingerprint density at radius 3 is 2.68 bits per heavy atom. The Morgan fingerprint density at radius 2 is 2.16 bits per heavy atom. The highest BCUT2D eigenvalue weighted by Gasteiger charge is 2.38. The van der Waals surface area contributed by atoms with Gasteiger partial charge in [0.25, 0.3) is 0 Å². The second kappa shape index (κ2) is 6.53. The highest BCUT2D eigenvalue weighted by molar-refractivity contribution is 5.03. The lowest BCUT2D eigenvalue weighted by Gasteiger charge is -2.42. The van der Waals surface area contributed by atoms with Crippen molar-refractivity contribution in [3.8, 4) is 0 Å². The van der Waals surface area contributed by atoms with Gasteiger partial charge in [-0.15, -0.1) is 0 Å². The highest BCUT2D eigenvalue weighted by atomic mass is 16.5. The van der Waals surface area contributed by atoms with Gasteiger partial charge >= 0.3 is 0 Å². The Balaban J connectivity index is 2.00. The molecular weight excluding hydrogens is 238 g/mol. The van der Waals surface area contributed by atoms with Gasteiger partial charge in [-0.2, -0.15) is 5.10 Å². The first-order valence-electron chi connectivity index (χ1n) is 7.41. The molecule has 0 aromatic carbocycles. The van der Waals surface area contributed by atoms with Gasteiger partial charge in [-0.3, -0.25) is 4.68 Å². The molecule has 0 radical (unpaired) electrons. The molecule has 1 fully saturated rings. The van der Waals surface area contributed by atoms with Crippen LogP contribution in [0.15, 0.2) is 12.3 Å². The molecule has 0 bridgehead atoms. The summed E-state index contributed by atoms with van der Waals surface area (Å²) in [5.74, 6) is 0. The predicted molar refractivity (Wildman–Crippen MR) is 77.2 cm³/mol. The average Bonchev–Trinajstić information content (AvgIpc) is 2.86. The van der Waals surface area contributed by atoms with E-state index in [1.165, 1.54) is 37.8 Å². The van der Waals surface area contributed by atoms with Gasteiger partial charge in [-0.25, -0.2) is 0 Å². The number of aromatic nitrogens is 2. The number of hydrogen-bond donors (Lipinski definition) is 1. The summed E-state index contributed by atoms with van der Waals surface area (Å²) in [7, 11) is 5.94. The van der Waals surface area contributed by atoms with E-state index >= 15 is 0 Å². The van der Waals surface area contributed by atoms with E-state index in [2.05, 4.69) is 23.5 Å². The van der Waals surface area contributed by atoms with Crippen LogP contribution in [0.1, 0.15) is 44.2 Å². The van der Waals surface area contributed by atoms with Gasteiger partial charge in [0, 0.05) is 32.1 Å². The van der Waals surface area contributed by atoms with Crippen LogP contribution < -0.4 is 5.32 Å². The van der Waals surface area contributed by atoms with Crippen LogP contribution in [0.25, 0.3) is 0 Å². The van der Waals surface area contributed by atoms with Gasteiger partial charge in [0.15, 0.2) is 0 Å². The molecule has 1 N–H and O–H groups in total. The summed E-state index contributed by atoms with van der Waals surface area (Å²) in [6.45, 7) is 0. The van der Waals surface area contributed by atoms with Crippen molar-refractivity contribution in [3.05, 3.63) is 18.0 Å². The van der Waals surface area contributed by atoms with E-state index in [1.807, 2.05) is 25.0 Å². The number of aryl methyl sites for hydroxylation is 2. The first kappa shape index (κ1) is 14.5. The second-order valence-electron chi connectivity index (χ2n) is 5.66. The van der Waals surface area contributed by atoms with Crippen LogP contribution in [0.5, 0.6) is 0 Å². The molecule has 0 saturated heterocycles. The molecule has 108 valence electrons. The third kappa shape index (κ3) is 3.18.